The molecule has 1 atom stereocenters. The molecule has 0 aliphatic rings. The van der Waals surface area contributed by atoms with E-state index in [9.17, 15) is 10.3 Å². The van der Waals surface area contributed by atoms with Crippen LogP contribution in [0.2, 0.25) is 0 Å². The van der Waals surface area contributed by atoms with Crippen LogP contribution in [-0.2, 0) is 14.9 Å². The van der Waals surface area contributed by atoms with Crippen molar-refractivity contribution in [1.82, 2.24) is 0 Å². The third-order valence-electron chi connectivity index (χ3n) is 5.38. The van der Waals surface area contributed by atoms with Gasteiger partial charge in [-0.05, 0) is 47.8 Å². The van der Waals surface area contributed by atoms with E-state index in [-0.39, 0.29) is 13.2 Å². The van der Waals surface area contributed by atoms with Crippen molar-refractivity contribution in [3.8, 4) is 5.75 Å². The molecule has 0 aliphatic heterocycles. The molecule has 7 nitrogen and oxygen atoms in total. The number of hydrogen-bond acceptors (Lipinski definition) is 5. The SMILES string of the molecule is CCOC(=O)C(Nc1ccc(OC)cc1)C(CN=[N+]=[N-])(c1ccccc1)c1ccccc1. The van der Waals surface area contributed by atoms with E-state index in [4.69, 9.17) is 9.47 Å². The second-order valence-electron chi connectivity index (χ2n) is 7.15. The third kappa shape index (κ3) is 4.85. The standard InChI is InChI=1S/C25H26N4O3/c1-3-32-24(30)23(28-21-14-16-22(31-2)17-15-21)25(18-27-29-26,19-10-6-4-7-11-19)20-12-8-5-9-13-20/h4-17,23,28H,3,18H2,1-2H3. The molecule has 0 heterocycles. The number of carbonyl (C=O) groups is 1. The molecule has 0 amide bonds. The van der Waals surface area contributed by atoms with E-state index >= 15 is 0 Å². The van der Waals surface area contributed by atoms with Gasteiger partial charge in [-0.1, -0.05) is 65.8 Å². The van der Waals surface area contributed by atoms with Crippen LogP contribution in [0.5, 0.6) is 5.75 Å². The maximum Gasteiger partial charge on any atom is 0.329 e. The Labute approximate surface area is 187 Å². The van der Waals surface area contributed by atoms with Crippen molar-refractivity contribution in [1.29, 1.82) is 0 Å². The average molecular weight is 431 g/mol. The van der Waals surface area contributed by atoms with Crippen LogP contribution in [0, 0.1) is 0 Å². The lowest BCUT2D eigenvalue weighted by molar-refractivity contribution is -0.145. The predicted octanol–water partition coefficient (Wildman–Crippen LogP) is 5.34. The van der Waals surface area contributed by atoms with Crippen molar-refractivity contribution >= 4 is 11.7 Å². The summed E-state index contributed by atoms with van der Waals surface area (Å²) in [5, 5.41) is 7.29. The first-order valence-electron chi connectivity index (χ1n) is 10.3. The van der Waals surface area contributed by atoms with Gasteiger partial charge in [0, 0.05) is 17.1 Å². The zero-order chi connectivity index (χ0) is 22.8. The summed E-state index contributed by atoms with van der Waals surface area (Å²) in [6, 6.07) is 25.6. The van der Waals surface area contributed by atoms with Crippen LogP contribution >= 0.6 is 0 Å². The Balaban J connectivity index is 2.23. The smallest absolute Gasteiger partial charge is 0.329 e. The molecule has 3 aromatic rings. The molecule has 7 heteroatoms. The summed E-state index contributed by atoms with van der Waals surface area (Å²) in [6.07, 6.45) is 0. The lowest BCUT2D eigenvalue weighted by atomic mass is 9.68. The molecule has 32 heavy (non-hydrogen) atoms. The van der Waals surface area contributed by atoms with Gasteiger partial charge < -0.3 is 14.8 Å². The number of nitrogens with one attached hydrogen (secondary N) is 1. The van der Waals surface area contributed by atoms with E-state index in [0.717, 1.165) is 11.1 Å². The number of carbonyl (C=O) groups excluding carboxylic acids is 1. The molecule has 0 saturated heterocycles. The van der Waals surface area contributed by atoms with Crippen LogP contribution in [-0.4, -0.2) is 32.3 Å². The van der Waals surface area contributed by atoms with Gasteiger partial charge in [-0.2, -0.15) is 0 Å². The summed E-state index contributed by atoms with van der Waals surface area (Å²) >= 11 is 0. The number of rotatable bonds is 10. The van der Waals surface area contributed by atoms with E-state index in [2.05, 4.69) is 15.3 Å². The van der Waals surface area contributed by atoms with Crippen LogP contribution in [0.3, 0.4) is 0 Å². The zero-order valence-electron chi connectivity index (χ0n) is 18.1. The largest absolute Gasteiger partial charge is 0.497 e. The summed E-state index contributed by atoms with van der Waals surface area (Å²) in [4.78, 5) is 16.4. The lowest BCUT2D eigenvalue weighted by Gasteiger charge is -2.40. The Morgan fingerprint density at radius 2 is 1.56 bits per heavy atom. The normalized spacial score (nSPS) is 11.7. The molecule has 164 valence electrons. The Kier molecular flexibility index (Phi) is 7.73. The van der Waals surface area contributed by atoms with Crippen molar-refractivity contribution in [2.45, 2.75) is 18.4 Å². The number of benzene rings is 3. The monoisotopic (exact) mass is 430 g/mol. The van der Waals surface area contributed by atoms with Gasteiger partial charge in [0.15, 0.2) is 0 Å². The van der Waals surface area contributed by atoms with Gasteiger partial charge in [-0.15, -0.1) is 0 Å². The molecule has 1 N–H and O–H groups in total. The lowest BCUT2D eigenvalue weighted by Crippen LogP contribution is -2.53. The van der Waals surface area contributed by atoms with E-state index in [1.165, 1.54) is 0 Å². The van der Waals surface area contributed by atoms with Crippen molar-refractivity contribution in [3.05, 3.63) is 106 Å². The number of ether oxygens (including phenoxy) is 2. The minimum atomic E-state index is -1.01. The van der Waals surface area contributed by atoms with Gasteiger partial charge in [0.05, 0.1) is 19.1 Å². The van der Waals surface area contributed by atoms with Crippen LogP contribution in [0.25, 0.3) is 10.4 Å². The number of azide groups is 1. The molecular weight excluding hydrogens is 404 g/mol. The molecule has 0 fully saturated rings. The van der Waals surface area contributed by atoms with Gasteiger partial charge in [-0.3, -0.25) is 0 Å². The van der Waals surface area contributed by atoms with Gasteiger partial charge >= 0.3 is 5.97 Å². The first kappa shape index (κ1) is 22.7. The average Bonchev–Trinajstić information content (AvgIpc) is 2.85. The number of hydrogen-bond donors (Lipinski definition) is 1. The highest BCUT2D eigenvalue weighted by Crippen LogP contribution is 2.39. The second kappa shape index (κ2) is 10.9. The van der Waals surface area contributed by atoms with Gasteiger partial charge in [0.2, 0.25) is 0 Å². The fourth-order valence-corrected chi connectivity index (χ4v) is 3.85. The molecule has 0 spiro atoms. The maximum absolute atomic E-state index is 13.4. The molecule has 0 bridgehead atoms. The molecule has 0 aliphatic carbocycles. The van der Waals surface area contributed by atoms with Gasteiger partial charge in [0.25, 0.3) is 0 Å². The minimum Gasteiger partial charge on any atom is -0.497 e. The number of anilines is 1. The third-order valence-corrected chi connectivity index (χ3v) is 5.38. The molecule has 1 unspecified atom stereocenters. The number of methoxy groups -OCH3 is 1. The molecular formula is C25H26N4O3. The fraction of sp³-hybridized carbons (Fsp3) is 0.240. The van der Waals surface area contributed by atoms with E-state index in [0.29, 0.717) is 11.4 Å². The predicted molar refractivity (Wildman–Crippen MR) is 125 cm³/mol. The first-order chi connectivity index (χ1) is 15.7. The number of nitrogens with zero attached hydrogens (tertiary/aromatic N) is 3. The quantitative estimate of drug-likeness (QED) is 0.203. The van der Waals surface area contributed by atoms with E-state index < -0.39 is 17.4 Å². The van der Waals surface area contributed by atoms with Crippen molar-refractivity contribution in [2.75, 3.05) is 25.6 Å². The van der Waals surface area contributed by atoms with Gasteiger partial charge in [0.1, 0.15) is 11.8 Å². The Morgan fingerprint density at radius 3 is 2.03 bits per heavy atom. The van der Waals surface area contributed by atoms with Crippen molar-refractivity contribution < 1.29 is 14.3 Å². The molecule has 0 saturated carbocycles. The van der Waals surface area contributed by atoms with Crippen LogP contribution in [0.15, 0.2) is 90.0 Å². The van der Waals surface area contributed by atoms with Crippen molar-refractivity contribution in [2.24, 2.45) is 5.11 Å². The Hall–Kier alpha value is -3.96. The summed E-state index contributed by atoms with van der Waals surface area (Å²) in [7, 11) is 1.60. The zero-order valence-corrected chi connectivity index (χ0v) is 18.1. The minimum absolute atomic E-state index is 0.0180. The maximum atomic E-state index is 13.4. The fourth-order valence-electron chi connectivity index (χ4n) is 3.85. The summed E-state index contributed by atoms with van der Waals surface area (Å²) in [6.45, 7) is 2.01. The van der Waals surface area contributed by atoms with Crippen LogP contribution in [0.4, 0.5) is 5.69 Å². The highest BCUT2D eigenvalue weighted by molar-refractivity contribution is 5.83. The molecule has 0 radical (unpaired) electrons. The van der Waals surface area contributed by atoms with E-state index in [1.807, 2.05) is 84.9 Å². The summed E-state index contributed by atoms with van der Waals surface area (Å²) < 4.78 is 10.7. The highest BCUT2D eigenvalue weighted by atomic mass is 16.5. The van der Waals surface area contributed by atoms with Gasteiger partial charge in [-0.25, -0.2) is 4.79 Å². The Morgan fingerprint density at radius 1 is 1.00 bits per heavy atom. The highest BCUT2D eigenvalue weighted by Gasteiger charge is 2.46. The molecule has 3 rings (SSSR count). The summed E-state index contributed by atoms with van der Waals surface area (Å²) in [5.41, 5.74) is 10.6. The topological polar surface area (TPSA) is 96.3 Å². The van der Waals surface area contributed by atoms with Crippen LogP contribution < -0.4 is 10.1 Å². The molecule has 3 aromatic carbocycles. The van der Waals surface area contributed by atoms with E-state index in [1.54, 1.807) is 14.0 Å². The van der Waals surface area contributed by atoms with Crippen molar-refractivity contribution in [3.63, 3.8) is 0 Å². The first-order valence-corrected chi connectivity index (χ1v) is 10.3. The summed E-state index contributed by atoms with van der Waals surface area (Å²) in [5.74, 6) is 0.263. The Bertz CT molecular complexity index is 1010. The molecule has 0 aromatic heterocycles. The number of esters is 1. The second-order valence-corrected chi connectivity index (χ2v) is 7.15. The van der Waals surface area contributed by atoms with Crippen LogP contribution in [0.1, 0.15) is 18.1 Å².